The van der Waals surface area contributed by atoms with Gasteiger partial charge in [0.1, 0.15) is 0 Å². The van der Waals surface area contributed by atoms with Crippen LogP contribution in [0.1, 0.15) is 12.8 Å². The van der Waals surface area contributed by atoms with Crippen LogP contribution in [0.2, 0.25) is 0 Å². The van der Waals surface area contributed by atoms with Crippen LogP contribution in [0.5, 0.6) is 0 Å². The van der Waals surface area contributed by atoms with Gasteiger partial charge < -0.3 is 15.4 Å². The van der Waals surface area contributed by atoms with Crippen molar-refractivity contribution < 1.29 is 9.53 Å². The third kappa shape index (κ3) is 3.20. The normalized spacial score (nSPS) is 29.2. The predicted octanol–water partition coefficient (Wildman–Crippen LogP) is 0.604. The van der Waals surface area contributed by atoms with Gasteiger partial charge in [0.05, 0.1) is 18.2 Å². The van der Waals surface area contributed by atoms with Crippen molar-refractivity contribution in [1.29, 1.82) is 0 Å². The zero-order valence-corrected chi connectivity index (χ0v) is 11.2. The van der Waals surface area contributed by atoms with Crippen LogP contribution in [0.25, 0.3) is 0 Å². The number of rotatable bonds is 2. The van der Waals surface area contributed by atoms with E-state index in [9.17, 15) is 4.79 Å². The molecular weight excluding hydrogens is 268 g/mol. The maximum atomic E-state index is 12.1. The summed E-state index contributed by atoms with van der Waals surface area (Å²) in [5, 5.41) is 6.16. The summed E-state index contributed by atoms with van der Waals surface area (Å²) in [6.07, 6.45) is 6.69. The summed E-state index contributed by atoms with van der Waals surface area (Å²) in [6, 6.07) is 0.422. The Morgan fingerprint density at radius 2 is 2.37 bits per heavy atom. The lowest BCUT2D eigenvalue weighted by atomic mass is 9.91. The second-order valence-electron chi connectivity index (χ2n) is 4.73. The Morgan fingerprint density at radius 1 is 1.47 bits per heavy atom. The Bertz CT molecular complexity index is 431. The summed E-state index contributed by atoms with van der Waals surface area (Å²) in [5.41, 5.74) is 0. The molecule has 1 amide bonds. The first kappa shape index (κ1) is 14.2. The van der Waals surface area contributed by atoms with Gasteiger partial charge in [-0.05, 0) is 12.8 Å². The first-order chi connectivity index (χ1) is 8.83. The van der Waals surface area contributed by atoms with Gasteiger partial charge in [-0.1, -0.05) is 0 Å². The molecule has 19 heavy (non-hydrogen) atoms. The maximum absolute atomic E-state index is 12.1. The van der Waals surface area contributed by atoms with Crippen LogP contribution in [0.15, 0.2) is 18.6 Å². The molecule has 2 aliphatic rings. The van der Waals surface area contributed by atoms with E-state index in [0.29, 0.717) is 18.4 Å². The Labute approximate surface area is 117 Å². The van der Waals surface area contributed by atoms with Gasteiger partial charge in [0.25, 0.3) is 0 Å². The first-order valence-electron chi connectivity index (χ1n) is 6.25. The fraction of sp³-hybridized carbons (Fsp3) is 0.583. The highest BCUT2D eigenvalue weighted by molar-refractivity contribution is 5.91. The van der Waals surface area contributed by atoms with E-state index in [4.69, 9.17) is 4.74 Å². The molecule has 3 heterocycles. The number of anilines is 1. The van der Waals surface area contributed by atoms with E-state index in [0.717, 1.165) is 19.4 Å². The van der Waals surface area contributed by atoms with Gasteiger partial charge in [-0.15, -0.1) is 12.4 Å². The van der Waals surface area contributed by atoms with Crippen molar-refractivity contribution >= 4 is 24.1 Å². The molecule has 1 aromatic heterocycles. The number of nitrogens with one attached hydrogen (secondary N) is 2. The number of hydrogen-bond acceptors (Lipinski definition) is 5. The van der Waals surface area contributed by atoms with Crippen molar-refractivity contribution in [2.45, 2.75) is 25.0 Å². The molecule has 2 N–H and O–H groups in total. The average Bonchev–Trinajstić information content (AvgIpc) is 2.87. The van der Waals surface area contributed by atoms with E-state index in [2.05, 4.69) is 20.6 Å². The zero-order valence-electron chi connectivity index (χ0n) is 10.4. The van der Waals surface area contributed by atoms with Crippen LogP contribution in [0, 0.1) is 5.92 Å². The highest BCUT2D eigenvalue weighted by Crippen LogP contribution is 2.25. The molecule has 3 atom stereocenters. The number of nitrogens with zero attached hydrogens (tertiary/aromatic N) is 2. The molecule has 7 heteroatoms. The molecule has 2 fully saturated rings. The average molecular weight is 285 g/mol. The summed E-state index contributed by atoms with van der Waals surface area (Å²) in [7, 11) is 0. The van der Waals surface area contributed by atoms with Crippen molar-refractivity contribution in [3.05, 3.63) is 18.6 Å². The van der Waals surface area contributed by atoms with Gasteiger partial charge >= 0.3 is 0 Å². The molecule has 0 bridgehead atoms. The van der Waals surface area contributed by atoms with Crippen molar-refractivity contribution in [3.8, 4) is 0 Å². The summed E-state index contributed by atoms with van der Waals surface area (Å²) in [6.45, 7) is 1.50. The second-order valence-corrected chi connectivity index (χ2v) is 4.73. The van der Waals surface area contributed by atoms with E-state index in [1.165, 1.54) is 0 Å². The number of carbonyl (C=O) groups excluding carboxylic acids is 1. The largest absolute Gasteiger partial charge is 0.377 e. The summed E-state index contributed by atoms with van der Waals surface area (Å²) < 4.78 is 5.62. The molecule has 0 saturated carbocycles. The number of fused-ring (bicyclic) bond motifs is 1. The van der Waals surface area contributed by atoms with Gasteiger partial charge in [0.15, 0.2) is 5.82 Å². The smallest absolute Gasteiger partial charge is 0.230 e. The molecule has 0 spiro atoms. The van der Waals surface area contributed by atoms with Crippen LogP contribution >= 0.6 is 12.4 Å². The van der Waals surface area contributed by atoms with E-state index in [1.807, 2.05) is 0 Å². The van der Waals surface area contributed by atoms with Crippen LogP contribution in [0.3, 0.4) is 0 Å². The van der Waals surface area contributed by atoms with E-state index in [1.54, 1.807) is 18.6 Å². The molecule has 0 aromatic carbocycles. The number of piperidine rings is 1. The Balaban J connectivity index is 0.00000133. The number of aromatic nitrogens is 2. The lowest BCUT2D eigenvalue weighted by Gasteiger charge is -2.30. The first-order valence-corrected chi connectivity index (χ1v) is 6.25. The Hall–Kier alpha value is -1.24. The molecule has 0 unspecified atom stereocenters. The number of hydrogen-bond donors (Lipinski definition) is 2. The number of halogens is 1. The second kappa shape index (κ2) is 6.27. The minimum absolute atomic E-state index is 0. The van der Waals surface area contributed by atoms with Crippen molar-refractivity contribution in [2.24, 2.45) is 5.92 Å². The molecule has 6 nitrogen and oxygen atoms in total. The van der Waals surface area contributed by atoms with E-state index in [-0.39, 0.29) is 30.3 Å². The van der Waals surface area contributed by atoms with E-state index < -0.39 is 0 Å². The fourth-order valence-corrected chi connectivity index (χ4v) is 2.56. The van der Waals surface area contributed by atoms with E-state index >= 15 is 0 Å². The minimum atomic E-state index is -0.0636. The van der Waals surface area contributed by atoms with Gasteiger partial charge in [0.2, 0.25) is 5.91 Å². The standard InChI is InChI=1S/C12H16N4O2.ClH/c17-12(16-11-7-13-2-3-14-11)8-5-10-9(15-6-8)1-4-18-10;/h2-3,7-10,15H,1,4-6H2,(H,14,16,17);1H/t8-,9+,10-;/m0./s1. The van der Waals surface area contributed by atoms with Gasteiger partial charge in [-0.3, -0.25) is 9.78 Å². The van der Waals surface area contributed by atoms with Gasteiger partial charge in [0, 0.05) is 31.6 Å². The third-order valence-electron chi connectivity index (χ3n) is 3.54. The van der Waals surface area contributed by atoms with Crippen molar-refractivity contribution in [2.75, 3.05) is 18.5 Å². The van der Waals surface area contributed by atoms with Crippen molar-refractivity contribution in [3.63, 3.8) is 0 Å². The zero-order chi connectivity index (χ0) is 12.4. The molecule has 2 saturated heterocycles. The quantitative estimate of drug-likeness (QED) is 0.832. The van der Waals surface area contributed by atoms with Gasteiger partial charge in [-0.2, -0.15) is 0 Å². The molecule has 3 rings (SSSR count). The monoisotopic (exact) mass is 284 g/mol. The predicted molar refractivity (Wildman–Crippen MR) is 72.2 cm³/mol. The number of amides is 1. The molecule has 104 valence electrons. The molecule has 1 aromatic rings. The van der Waals surface area contributed by atoms with Crippen LogP contribution < -0.4 is 10.6 Å². The number of ether oxygens (including phenoxy) is 1. The van der Waals surface area contributed by atoms with Crippen LogP contribution in [0.4, 0.5) is 5.82 Å². The summed E-state index contributed by atoms with van der Waals surface area (Å²) in [5.74, 6) is 0.417. The third-order valence-corrected chi connectivity index (χ3v) is 3.54. The molecule has 0 aliphatic carbocycles. The lowest BCUT2D eigenvalue weighted by Crippen LogP contribution is -2.49. The molecule has 0 radical (unpaired) electrons. The number of carbonyl (C=O) groups is 1. The molecule has 2 aliphatic heterocycles. The highest BCUT2D eigenvalue weighted by atomic mass is 35.5. The summed E-state index contributed by atoms with van der Waals surface area (Å²) >= 11 is 0. The SMILES string of the molecule is Cl.O=C(Nc1cnccn1)[C@@H]1CN[C@@H]2CCO[C@H]2C1. The highest BCUT2D eigenvalue weighted by Gasteiger charge is 2.37. The lowest BCUT2D eigenvalue weighted by molar-refractivity contribution is -0.121. The van der Waals surface area contributed by atoms with Crippen molar-refractivity contribution in [1.82, 2.24) is 15.3 Å². The fourth-order valence-electron chi connectivity index (χ4n) is 2.56. The maximum Gasteiger partial charge on any atom is 0.230 e. The van der Waals surface area contributed by atoms with Crippen LogP contribution in [-0.2, 0) is 9.53 Å². The Morgan fingerprint density at radius 3 is 3.16 bits per heavy atom. The van der Waals surface area contributed by atoms with Crippen LogP contribution in [-0.4, -0.2) is 41.2 Å². The minimum Gasteiger partial charge on any atom is -0.377 e. The van der Waals surface area contributed by atoms with Gasteiger partial charge in [-0.25, -0.2) is 4.98 Å². The molecular formula is C12H17ClN4O2. The topological polar surface area (TPSA) is 76.1 Å². The summed E-state index contributed by atoms with van der Waals surface area (Å²) in [4.78, 5) is 20.0. The Kier molecular flexibility index (Phi) is 4.68.